The van der Waals surface area contributed by atoms with Crippen LogP contribution in [0.2, 0.25) is 0 Å². The van der Waals surface area contributed by atoms with Crippen LogP contribution in [0, 0.1) is 0 Å². The third kappa shape index (κ3) is 5.69. The molecule has 30 heavy (non-hydrogen) atoms. The van der Waals surface area contributed by atoms with Crippen LogP contribution in [0.25, 0.3) is 11.1 Å². The summed E-state index contributed by atoms with van der Waals surface area (Å²) in [7, 11) is 1.24. The van der Waals surface area contributed by atoms with Crippen LogP contribution in [-0.4, -0.2) is 45.8 Å². The predicted molar refractivity (Wildman–Crippen MR) is 110 cm³/mol. The predicted octanol–water partition coefficient (Wildman–Crippen LogP) is 3.46. The molecule has 0 aliphatic carbocycles. The maximum atomic E-state index is 12.0. The van der Waals surface area contributed by atoms with E-state index in [1.54, 1.807) is 32.9 Å². The van der Waals surface area contributed by atoms with E-state index in [0.29, 0.717) is 16.8 Å². The minimum atomic E-state index is -0.623. The van der Waals surface area contributed by atoms with Crippen LogP contribution in [0.5, 0.6) is 5.75 Å². The molecule has 1 aromatic heterocycles. The molecule has 0 atom stereocenters. The van der Waals surface area contributed by atoms with Gasteiger partial charge in [-0.15, -0.1) is 0 Å². The Kier molecular flexibility index (Phi) is 6.99. The molecule has 0 unspecified atom stereocenters. The number of hydrogen-bond acceptors (Lipinski definition) is 8. The molecule has 0 spiro atoms. The van der Waals surface area contributed by atoms with Crippen molar-refractivity contribution in [1.82, 2.24) is 10.3 Å². The minimum absolute atomic E-state index is 0.101. The number of carbonyl (C=O) groups is 2. The molecule has 1 amide bonds. The van der Waals surface area contributed by atoms with E-state index in [1.165, 1.54) is 32.4 Å². The molecule has 0 fully saturated rings. The lowest BCUT2D eigenvalue weighted by Crippen LogP contribution is -2.32. The Morgan fingerprint density at radius 2 is 1.93 bits per heavy atom. The van der Waals surface area contributed by atoms with Crippen molar-refractivity contribution in [3.63, 3.8) is 0 Å². The zero-order chi connectivity index (χ0) is 22.5. The number of pyridine rings is 1. The van der Waals surface area contributed by atoms with Crippen molar-refractivity contribution < 1.29 is 29.4 Å². The molecular weight excluding hydrogens is 390 g/mol. The van der Waals surface area contributed by atoms with Crippen molar-refractivity contribution in [2.75, 3.05) is 7.11 Å². The van der Waals surface area contributed by atoms with Gasteiger partial charge in [0.05, 0.1) is 30.6 Å². The van der Waals surface area contributed by atoms with Crippen LogP contribution in [-0.2, 0) is 16.0 Å². The molecule has 0 aliphatic rings. The fraction of sp³-hybridized carbons (Fsp3) is 0.333. The number of amides is 1. The minimum Gasteiger partial charge on any atom is -0.507 e. The number of benzene rings is 1. The third-order valence-electron chi connectivity index (χ3n) is 4.01. The molecule has 2 aromatic rings. The molecule has 9 nitrogen and oxygen atoms in total. The maximum absolute atomic E-state index is 12.0. The Hall–Kier alpha value is -3.62. The van der Waals surface area contributed by atoms with Crippen molar-refractivity contribution in [2.45, 2.75) is 39.8 Å². The normalized spacial score (nSPS) is 11.7. The first-order valence-corrected chi connectivity index (χ1v) is 9.12. The number of nitrogens with zero attached hydrogens (tertiary/aromatic N) is 2. The molecule has 1 heterocycles. The van der Waals surface area contributed by atoms with E-state index in [1.807, 2.05) is 0 Å². The SMILES string of the molecule is COC(=O)c1cc(C(C)=NO)c(O)c(-c2ccnc(CNC(=O)OC(C)(C)C)c2)c1. The number of methoxy groups -OCH3 is 1. The van der Waals surface area contributed by atoms with E-state index in [2.05, 4.69) is 15.5 Å². The number of nitrogens with one attached hydrogen (secondary N) is 1. The molecule has 9 heteroatoms. The number of aromatic nitrogens is 1. The maximum Gasteiger partial charge on any atom is 0.407 e. The zero-order valence-electron chi connectivity index (χ0n) is 17.5. The lowest BCUT2D eigenvalue weighted by molar-refractivity contribution is 0.0521. The smallest absolute Gasteiger partial charge is 0.407 e. The number of rotatable bonds is 5. The summed E-state index contributed by atoms with van der Waals surface area (Å²) in [4.78, 5) is 28.1. The summed E-state index contributed by atoms with van der Waals surface area (Å²) in [5.74, 6) is -0.778. The highest BCUT2D eigenvalue weighted by atomic mass is 16.6. The van der Waals surface area contributed by atoms with Crippen LogP contribution in [0.3, 0.4) is 0 Å². The number of oxime groups is 1. The number of ether oxygens (including phenoxy) is 2. The van der Waals surface area contributed by atoms with Gasteiger partial charge in [-0.1, -0.05) is 5.16 Å². The molecular formula is C21H25N3O6. The summed E-state index contributed by atoms with van der Waals surface area (Å²) in [5, 5.41) is 25.5. The zero-order valence-corrected chi connectivity index (χ0v) is 17.5. The molecule has 0 saturated carbocycles. The molecule has 0 bridgehead atoms. The number of aromatic hydroxyl groups is 1. The van der Waals surface area contributed by atoms with Gasteiger partial charge in [0.25, 0.3) is 0 Å². The first-order chi connectivity index (χ1) is 14.1. The van der Waals surface area contributed by atoms with E-state index < -0.39 is 17.7 Å². The number of alkyl carbamates (subject to hydrolysis) is 1. The van der Waals surface area contributed by atoms with Gasteiger partial charge in [0.2, 0.25) is 0 Å². The molecule has 0 aliphatic heterocycles. The van der Waals surface area contributed by atoms with Gasteiger partial charge < -0.3 is 25.1 Å². The highest BCUT2D eigenvalue weighted by Gasteiger charge is 2.19. The van der Waals surface area contributed by atoms with E-state index >= 15 is 0 Å². The average Bonchev–Trinajstić information content (AvgIpc) is 2.70. The molecule has 0 saturated heterocycles. The van der Waals surface area contributed by atoms with E-state index in [9.17, 15) is 14.7 Å². The van der Waals surface area contributed by atoms with Crippen molar-refractivity contribution in [1.29, 1.82) is 0 Å². The standard InChI is InChI=1S/C21H25N3O6/c1-12(24-28)16-9-14(19(26)29-5)10-17(18(16)25)13-6-7-22-15(8-13)11-23-20(27)30-21(2,3)4/h6-10,25,28H,11H2,1-5H3,(H,23,27). The first kappa shape index (κ1) is 22.7. The summed E-state index contributed by atoms with van der Waals surface area (Å²) in [6, 6.07) is 6.15. The van der Waals surface area contributed by atoms with Gasteiger partial charge in [-0.25, -0.2) is 9.59 Å². The Balaban J connectivity index is 2.40. The largest absolute Gasteiger partial charge is 0.507 e. The monoisotopic (exact) mass is 415 g/mol. The van der Waals surface area contributed by atoms with Crippen LogP contribution in [0.15, 0.2) is 35.6 Å². The molecule has 160 valence electrons. The highest BCUT2D eigenvalue weighted by Crippen LogP contribution is 2.34. The summed E-state index contributed by atoms with van der Waals surface area (Å²) in [6.07, 6.45) is 0.931. The highest BCUT2D eigenvalue weighted by molar-refractivity contribution is 6.05. The fourth-order valence-electron chi connectivity index (χ4n) is 2.64. The summed E-state index contributed by atoms with van der Waals surface area (Å²) in [6.45, 7) is 6.88. The van der Waals surface area contributed by atoms with Gasteiger partial charge in [-0.05, 0) is 57.5 Å². The lowest BCUT2D eigenvalue weighted by Gasteiger charge is -2.19. The summed E-state index contributed by atoms with van der Waals surface area (Å²) < 4.78 is 9.96. The first-order valence-electron chi connectivity index (χ1n) is 9.12. The number of hydrogen-bond donors (Lipinski definition) is 3. The van der Waals surface area contributed by atoms with Crippen molar-refractivity contribution in [2.24, 2.45) is 5.16 Å². The molecule has 3 N–H and O–H groups in total. The van der Waals surface area contributed by atoms with Crippen LogP contribution in [0.4, 0.5) is 4.79 Å². The number of phenols is 1. The fourth-order valence-corrected chi connectivity index (χ4v) is 2.64. The number of phenolic OH excluding ortho intramolecular Hbond substituents is 1. The average molecular weight is 415 g/mol. The summed E-state index contributed by atoms with van der Waals surface area (Å²) in [5.41, 5.74) is 1.23. The van der Waals surface area contributed by atoms with Crippen LogP contribution >= 0.6 is 0 Å². The quantitative estimate of drug-likeness (QED) is 0.295. The Bertz CT molecular complexity index is 979. The topological polar surface area (TPSA) is 130 Å². The van der Waals surface area contributed by atoms with Gasteiger partial charge in [-0.3, -0.25) is 4.98 Å². The third-order valence-corrected chi connectivity index (χ3v) is 4.01. The second kappa shape index (κ2) is 9.25. The Morgan fingerprint density at radius 3 is 2.53 bits per heavy atom. The van der Waals surface area contributed by atoms with Gasteiger partial charge in [0.15, 0.2) is 0 Å². The number of esters is 1. The van der Waals surface area contributed by atoms with Crippen molar-refractivity contribution in [3.05, 3.63) is 47.3 Å². The van der Waals surface area contributed by atoms with Crippen LogP contribution < -0.4 is 5.32 Å². The Morgan fingerprint density at radius 1 is 1.23 bits per heavy atom. The lowest BCUT2D eigenvalue weighted by atomic mass is 9.96. The summed E-state index contributed by atoms with van der Waals surface area (Å²) >= 11 is 0. The van der Waals surface area contributed by atoms with Gasteiger partial charge >= 0.3 is 12.1 Å². The van der Waals surface area contributed by atoms with Crippen molar-refractivity contribution >= 4 is 17.8 Å². The van der Waals surface area contributed by atoms with E-state index in [0.717, 1.165) is 0 Å². The van der Waals surface area contributed by atoms with Gasteiger partial charge in [0, 0.05) is 17.3 Å². The van der Waals surface area contributed by atoms with E-state index in [4.69, 9.17) is 14.7 Å². The van der Waals surface area contributed by atoms with Gasteiger partial charge in [-0.2, -0.15) is 0 Å². The second-order valence-corrected chi connectivity index (χ2v) is 7.49. The Labute approximate surface area is 174 Å². The molecule has 1 aromatic carbocycles. The second-order valence-electron chi connectivity index (χ2n) is 7.49. The van der Waals surface area contributed by atoms with Gasteiger partial charge in [0.1, 0.15) is 11.4 Å². The van der Waals surface area contributed by atoms with Crippen molar-refractivity contribution in [3.8, 4) is 16.9 Å². The van der Waals surface area contributed by atoms with E-state index in [-0.39, 0.29) is 29.1 Å². The molecule has 0 radical (unpaired) electrons. The molecule has 2 rings (SSSR count). The van der Waals surface area contributed by atoms with Crippen LogP contribution in [0.1, 0.15) is 49.3 Å². The number of carbonyl (C=O) groups excluding carboxylic acids is 2.